The molecule has 0 aromatic heterocycles. The molecule has 12 heavy (non-hydrogen) atoms. The van der Waals surface area contributed by atoms with Crippen molar-refractivity contribution in [3.63, 3.8) is 0 Å². The second-order valence-corrected chi connectivity index (χ2v) is 3.47. The Hall–Kier alpha value is -0.240. The first kappa shape index (κ1) is 9.85. The Morgan fingerprint density at radius 2 is 1.75 bits per heavy atom. The molecule has 0 aliphatic rings. The van der Waals surface area contributed by atoms with Gasteiger partial charge in [0.2, 0.25) is 0 Å². The third-order valence-corrected chi connectivity index (χ3v) is 2.03. The maximum atomic E-state index is 8.85. The van der Waals surface area contributed by atoms with Crippen molar-refractivity contribution in [2.75, 3.05) is 6.61 Å². The SMILES string of the molecule is C[C](CO)c1cc(Cl)cc(Cl)c1. The summed E-state index contributed by atoms with van der Waals surface area (Å²) < 4.78 is 0. The van der Waals surface area contributed by atoms with Crippen LogP contribution in [0, 0.1) is 5.92 Å². The fourth-order valence-electron chi connectivity index (χ4n) is 0.892. The van der Waals surface area contributed by atoms with Gasteiger partial charge >= 0.3 is 0 Å². The van der Waals surface area contributed by atoms with Crippen LogP contribution in [0.4, 0.5) is 0 Å². The summed E-state index contributed by atoms with van der Waals surface area (Å²) >= 11 is 11.5. The lowest BCUT2D eigenvalue weighted by molar-refractivity contribution is 0.315. The van der Waals surface area contributed by atoms with E-state index in [1.54, 1.807) is 18.2 Å². The lowest BCUT2D eigenvalue weighted by Crippen LogP contribution is -1.99. The van der Waals surface area contributed by atoms with Gasteiger partial charge in [-0.1, -0.05) is 30.1 Å². The maximum Gasteiger partial charge on any atom is 0.0534 e. The quantitative estimate of drug-likeness (QED) is 0.785. The fraction of sp³-hybridized carbons (Fsp3) is 0.222. The van der Waals surface area contributed by atoms with Gasteiger partial charge in [-0.3, -0.25) is 0 Å². The van der Waals surface area contributed by atoms with E-state index in [1.165, 1.54) is 0 Å². The summed E-state index contributed by atoms with van der Waals surface area (Å²) in [5, 5.41) is 10.0. The molecule has 1 rings (SSSR count). The predicted molar refractivity (Wildman–Crippen MR) is 51.6 cm³/mol. The van der Waals surface area contributed by atoms with E-state index in [0.29, 0.717) is 10.0 Å². The molecule has 1 aromatic rings. The highest BCUT2D eigenvalue weighted by atomic mass is 35.5. The molecular weight excluding hydrogens is 195 g/mol. The Morgan fingerprint density at radius 1 is 1.25 bits per heavy atom. The summed E-state index contributed by atoms with van der Waals surface area (Å²) in [6.45, 7) is 1.86. The normalized spacial score (nSPS) is 10.8. The van der Waals surface area contributed by atoms with Gasteiger partial charge in [-0.2, -0.15) is 0 Å². The van der Waals surface area contributed by atoms with Crippen LogP contribution in [0.1, 0.15) is 12.5 Å². The van der Waals surface area contributed by atoms with E-state index in [9.17, 15) is 0 Å². The molecule has 0 saturated heterocycles. The molecule has 0 unspecified atom stereocenters. The second kappa shape index (κ2) is 4.13. The fourth-order valence-corrected chi connectivity index (χ4v) is 1.42. The molecule has 0 bridgehead atoms. The van der Waals surface area contributed by atoms with Crippen LogP contribution in [0.2, 0.25) is 10.0 Å². The zero-order chi connectivity index (χ0) is 9.14. The summed E-state index contributed by atoms with van der Waals surface area (Å²) in [7, 11) is 0. The number of rotatable bonds is 2. The van der Waals surface area contributed by atoms with Gasteiger partial charge in [0.25, 0.3) is 0 Å². The highest BCUT2D eigenvalue weighted by Gasteiger charge is 2.06. The minimum atomic E-state index is 0.0245. The van der Waals surface area contributed by atoms with Crippen molar-refractivity contribution in [1.29, 1.82) is 0 Å². The molecule has 1 aromatic carbocycles. The van der Waals surface area contributed by atoms with E-state index >= 15 is 0 Å². The number of aliphatic hydroxyl groups is 1. The summed E-state index contributed by atoms with van der Waals surface area (Å²) in [5.74, 6) is 0.861. The first-order valence-corrected chi connectivity index (χ1v) is 4.29. The molecule has 65 valence electrons. The van der Waals surface area contributed by atoms with Gasteiger partial charge in [-0.25, -0.2) is 0 Å². The van der Waals surface area contributed by atoms with Crippen LogP contribution in [0.15, 0.2) is 18.2 Å². The Labute approximate surface area is 81.9 Å². The molecule has 0 amide bonds. The molecule has 0 heterocycles. The minimum Gasteiger partial charge on any atom is -0.395 e. The van der Waals surface area contributed by atoms with Crippen LogP contribution < -0.4 is 0 Å². The molecule has 3 heteroatoms. The lowest BCUT2D eigenvalue weighted by atomic mass is 10.0. The third-order valence-electron chi connectivity index (χ3n) is 1.59. The zero-order valence-electron chi connectivity index (χ0n) is 6.64. The van der Waals surface area contributed by atoms with Crippen molar-refractivity contribution >= 4 is 23.2 Å². The third kappa shape index (κ3) is 2.37. The highest BCUT2D eigenvalue weighted by molar-refractivity contribution is 6.34. The molecule has 0 spiro atoms. The van der Waals surface area contributed by atoms with Crippen LogP contribution in [0.25, 0.3) is 0 Å². The average molecular weight is 204 g/mol. The summed E-state index contributed by atoms with van der Waals surface area (Å²) in [6.07, 6.45) is 0. The molecule has 1 N–H and O–H groups in total. The van der Waals surface area contributed by atoms with Crippen molar-refractivity contribution in [3.05, 3.63) is 39.7 Å². The lowest BCUT2D eigenvalue weighted by Gasteiger charge is -2.07. The van der Waals surface area contributed by atoms with Gasteiger partial charge in [0, 0.05) is 16.0 Å². The molecule has 1 radical (unpaired) electrons. The van der Waals surface area contributed by atoms with Crippen LogP contribution in [-0.4, -0.2) is 11.7 Å². The monoisotopic (exact) mass is 203 g/mol. The Kier molecular flexibility index (Phi) is 3.39. The zero-order valence-corrected chi connectivity index (χ0v) is 8.15. The number of aliphatic hydroxyl groups excluding tert-OH is 1. The number of hydrogen-bond acceptors (Lipinski definition) is 1. The molecule has 0 atom stereocenters. The Bertz CT molecular complexity index is 253. The number of benzene rings is 1. The second-order valence-electron chi connectivity index (χ2n) is 2.60. The maximum absolute atomic E-state index is 8.85. The van der Waals surface area contributed by atoms with Crippen LogP contribution in [-0.2, 0) is 0 Å². The van der Waals surface area contributed by atoms with Crippen molar-refractivity contribution in [2.24, 2.45) is 0 Å². The van der Waals surface area contributed by atoms with E-state index in [2.05, 4.69) is 0 Å². The van der Waals surface area contributed by atoms with Crippen molar-refractivity contribution < 1.29 is 5.11 Å². The number of hydrogen-bond donors (Lipinski definition) is 1. The van der Waals surface area contributed by atoms with Gasteiger partial charge in [0.1, 0.15) is 0 Å². The highest BCUT2D eigenvalue weighted by Crippen LogP contribution is 2.23. The Morgan fingerprint density at radius 3 is 2.17 bits per heavy atom. The van der Waals surface area contributed by atoms with Gasteiger partial charge < -0.3 is 5.11 Å². The van der Waals surface area contributed by atoms with Gasteiger partial charge in [0.05, 0.1) is 6.61 Å². The van der Waals surface area contributed by atoms with Crippen LogP contribution >= 0.6 is 23.2 Å². The van der Waals surface area contributed by atoms with Crippen molar-refractivity contribution in [2.45, 2.75) is 6.92 Å². The summed E-state index contributed by atoms with van der Waals surface area (Å²) in [4.78, 5) is 0. The van der Waals surface area contributed by atoms with Crippen molar-refractivity contribution in [3.8, 4) is 0 Å². The van der Waals surface area contributed by atoms with E-state index in [1.807, 2.05) is 6.92 Å². The van der Waals surface area contributed by atoms with E-state index in [4.69, 9.17) is 28.3 Å². The van der Waals surface area contributed by atoms with Gasteiger partial charge in [0.15, 0.2) is 0 Å². The van der Waals surface area contributed by atoms with Crippen molar-refractivity contribution in [1.82, 2.24) is 0 Å². The molecule has 0 saturated carbocycles. The minimum absolute atomic E-state index is 0.0245. The van der Waals surface area contributed by atoms with E-state index < -0.39 is 0 Å². The van der Waals surface area contributed by atoms with E-state index in [-0.39, 0.29) is 6.61 Å². The van der Waals surface area contributed by atoms with Gasteiger partial charge in [-0.15, -0.1) is 0 Å². The molecule has 0 aliphatic carbocycles. The van der Waals surface area contributed by atoms with Crippen LogP contribution in [0.5, 0.6) is 0 Å². The predicted octanol–water partition coefficient (Wildman–Crippen LogP) is 2.93. The first-order valence-electron chi connectivity index (χ1n) is 3.53. The summed E-state index contributed by atoms with van der Waals surface area (Å²) in [6, 6.07) is 5.22. The smallest absolute Gasteiger partial charge is 0.0534 e. The van der Waals surface area contributed by atoms with E-state index in [0.717, 1.165) is 11.5 Å². The summed E-state index contributed by atoms with van der Waals surface area (Å²) in [5.41, 5.74) is 0.884. The number of halogens is 2. The van der Waals surface area contributed by atoms with Gasteiger partial charge in [-0.05, 0) is 23.8 Å². The topological polar surface area (TPSA) is 20.2 Å². The molecule has 1 nitrogen and oxygen atoms in total. The average Bonchev–Trinajstić information content (AvgIpc) is 2.01. The van der Waals surface area contributed by atoms with Crippen LogP contribution in [0.3, 0.4) is 0 Å². The first-order chi connectivity index (χ1) is 5.63. The molecular formula is C9H9Cl2O. The largest absolute Gasteiger partial charge is 0.395 e. The molecule has 0 aliphatic heterocycles. The Balaban J connectivity index is 3.00. The standard InChI is InChI=1S/C9H9Cl2O/c1-6(5-12)7-2-8(10)4-9(11)3-7/h2-4,12H,5H2,1H3. The molecule has 0 fully saturated rings.